The maximum Gasteiger partial charge on any atom is 0.185 e. The Bertz CT molecular complexity index is 693. The fourth-order valence-electron chi connectivity index (χ4n) is 2.40. The highest BCUT2D eigenvalue weighted by Crippen LogP contribution is 2.35. The maximum atomic E-state index is 12.3. The maximum absolute atomic E-state index is 12.3. The number of hydrogen-bond donors (Lipinski definition) is 0. The molecule has 4 nitrogen and oxygen atoms in total. The van der Waals surface area contributed by atoms with Crippen molar-refractivity contribution in [2.24, 2.45) is 0 Å². The van der Waals surface area contributed by atoms with Gasteiger partial charge in [-0.25, -0.2) is 0 Å². The normalized spacial score (nSPS) is 10.7. The first kappa shape index (κ1) is 18.6. The number of carbonyl (C=O) groups is 1. The van der Waals surface area contributed by atoms with Gasteiger partial charge in [-0.15, -0.1) is 0 Å². The Balaban J connectivity index is 2.39. The molecule has 0 heterocycles. The summed E-state index contributed by atoms with van der Waals surface area (Å²) in [7, 11) is 0. The van der Waals surface area contributed by atoms with Crippen LogP contribution >= 0.6 is 0 Å². The lowest BCUT2D eigenvalue weighted by Gasteiger charge is -2.15. The monoisotopic (exact) mass is 340 g/mol. The van der Waals surface area contributed by atoms with E-state index in [1.54, 1.807) is 18.2 Å². The van der Waals surface area contributed by atoms with Crippen LogP contribution in [0, 0.1) is 0 Å². The zero-order valence-electron chi connectivity index (χ0n) is 15.0. The highest BCUT2D eigenvalue weighted by atomic mass is 16.5. The summed E-state index contributed by atoms with van der Waals surface area (Å²) in [4.78, 5) is 12.3. The second kappa shape index (κ2) is 9.52. The smallest absolute Gasteiger partial charge is 0.185 e. The van der Waals surface area contributed by atoms with Gasteiger partial charge >= 0.3 is 0 Å². The third-order valence-electron chi connectivity index (χ3n) is 3.45. The molecule has 0 N–H and O–H groups in total. The van der Waals surface area contributed by atoms with Gasteiger partial charge in [0.25, 0.3) is 0 Å². The van der Waals surface area contributed by atoms with Gasteiger partial charge in [0, 0.05) is 17.7 Å². The molecular weight excluding hydrogens is 316 g/mol. The van der Waals surface area contributed by atoms with Crippen LogP contribution in [0.3, 0.4) is 0 Å². The minimum atomic E-state index is -0.0700. The van der Waals surface area contributed by atoms with Crippen LogP contribution in [-0.2, 0) is 0 Å². The molecular formula is C21H24O4. The molecule has 0 fully saturated rings. The van der Waals surface area contributed by atoms with Crippen molar-refractivity contribution in [2.75, 3.05) is 19.8 Å². The van der Waals surface area contributed by atoms with Gasteiger partial charge in [-0.3, -0.25) is 4.79 Å². The molecule has 0 radical (unpaired) electrons. The molecule has 0 atom stereocenters. The van der Waals surface area contributed by atoms with Crippen molar-refractivity contribution in [1.29, 1.82) is 0 Å². The molecule has 2 aromatic carbocycles. The fourth-order valence-corrected chi connectivity index (χ4v) is 2.40. The van der Waals surface area contributed by atoms with Crippen LogP contribution in [-0.4, -0.2) is 25.6 Å². The second-order valence-corrected chi connectivity index (χ2v) is 5.20. The minimum absolute atomic E-state index is 0.0700. The quantitative estimate of drug-likeness (QED) is 0.487. The van der Waals surface area contributed by atoms with E-state index >= 15 is 0 Å². The second-order valence-electron chi connectivity index (χ2n) is 5.20. The summed E-state index contributed by atoms with van der Waals surface area (Å²) in [5, 5.41) is 0. The third-order valence-corrected chi connectivity index (χ3v) is 3.45. The molecule has 0 amide bonds. The lowest BCUT2D eigenvalue weighted by Crippen LogP contribution is -2.02. The van der Waals surface area contributed by atoms with Crippen molar-refractivity contribution >= 4 is 11.9 Å². The molecule has 0 aliphatic rings. The summed E-state index contributed by atoms with van der Waals surface area (Å²) in [5.41, 5.74) is 1.37. The van der Waals surface area contributed by atoms with E-state index in [0.29, 0.717) is 42.6 Å². The van der Waals surface area contributed by atoms with E-state index in [-0.39, 0.29) is 5.78 Å². The zero-order chi connectivity index (χ0) is 18.1. The van der Waals surface area contributed by atoms with Gasteiger partial charge in [0.2, 0.25) is 0 Å². The molecule has 0 aliphatic heterocycles. The highest BCUT2D eigenvalue weighted by molar-refractivity contribution is 6.07. The zero-order valence-corrected chi connectivity index (χ0v) is 15.0. The first-order chi connectivity index (χ1) is 12.2. The number of allylic oxidation sites excluding steroid dienone is 1. The van der Waals surface area contributed by atoms with Gasteiger partial charge in [0.1, 0.15) is 17.2 Å². The van der Waals surface area contributed by atoms with Gasteiger partial charge in [-0.05, 0) is 32.9 Å². The molecule has 2 aromatic rings. The molecule has 4 heteroatoms. The number of carbonyl (C=O) groups excluding carboxylic acids is 1. The van der Waals surface area contributed by atoms with Crippen LogP contribution < -0.4 is 14.2 Å². The lowest BCUT2D eigenvalue weighted by atomic mass is 10.1. The first-order valence-corrected chi connectivity index (χ1v) is 8.53. The Kier molecular flexibility index (Phi) is 7.08. The van der Waals surface area contributed by atoms with Gasteiger partial charge in [0.05, 0.1) is 25.4 Å². The summed E-state index contributed by atoms with van der Waals surface area (Å²) < 4.78 is 17.0. The van der Waals surface area contributed by atoms with Gasteiger partial charge in [-0.2, -0.15) is 0 Å². The summed E-state index contributed by atoms with van der Waals surface area (Å²) in [6.45, 7) is 7.32. The van der Waals surface area contributed by atoms with E-state index in [0.717, 1.165) is 5.56 Å². The summed E-state index contributed by atoms with van der Waals surface area (Å²) in [6.07, 6.45) is 3.27. The molecule has 2 rings (SSSR count). The average molecular weight is 340 g/mol. The van der Waals surface area contributed by atoms with Crippen LogP contribution in [0.2, 0.25) is 0 Å². The third kappa shape index (κ3) is 5.11. The van der Waals surface area contributed by atoms with Crippen molar-refractivity contribution in [1.82, 2.24) is 0 Å². The largest absolute Gasteiger partial charge is 0.494 e. The van der Waals surface area contributed by atoms with Crippen LogP contribution in [0.4, 0.5) is 0 Å². The van der Waals surface area contributed by atoms with Crippen molar-refractivity contribution in [3.63, 3.8) is 0 Å². The molecule has 0 aliphatic carbocycles. The lowest BCUT2D eigenvalue weighted by molar-refractivity contribution is 0.104. The van der Waals surface area contributed by atoms with Crippen LogP contribution in [0.15, 0.2) is 48.5 Å². The minimum Gasteiger partial charge on any atom is -0.494 e. The number of rotatable bonds is 9. The van der Waals surface area contributed by atoms with E-state index in [1.165, 1.54) is 6.08 Å². The average Bonchev–Trinajstić information content (AvgIpc) is 2.62. The van der Waals surface area contributed by atoms with Crippen molar-refractivity contribution < 1.29 is 19.0 Å². The molecule has 25 heavy (non-hydrogen) atoms. The molecule has 132 valence electrons. The predicted molar refractivity (Wildman–Crippen MR) is 99.8 cm³/mol. The van der Waals surface area contributed by atoms with E-state index < -0.39 is 0 Å². The van der Waals surface area contributed by atoms with Crippen LogP contribution in [0.25, 0.3) is 6.08 Å². The first-order valence-electron chi connectivity index (χ1n) is 8.53. The predicted octanol–water partition coefficient (Wildman–Crippen LogP) is 4.78. The molecule has 0 saturated heterocycles. The highest BCUT2D eigenvalue weighted by Gasteiger charge is 2.13. The van der Waals surface area contributed by atoms with Crippen molar-refractivity contribution in [3.05, 3.63) is 59.7 Å². The fraction of sp³-hybridized carbons (Fsp3) is 0.286. The van der Waals surface area contributed by atoms with Crippen LogP contribution in [0.1, 0.15) is 36.7 Å². The summed E-state index contributed by atoms with van der Waals surface area (Å²) >= 11 is 0. The van der Waals surface area contributed by atoms with Crippen molar-refractivity contribution in [3.8, 4) is 17.2 Å². The Morgan fingerprint density at radius 1 is 0.880 bits per heavy atom. The Hall–Kier alpha value is -2.75. The topological polar surface area (TPSA) is 44.8 Å². The SMILES string of the molecule is CCOc1cc(OCC)c(/C=C/C(=O)c2ccccc2)c(OCC)c1. The molecule has 0 aromatic heterocycles. The van der Waals surface area contributed by atoms with E-state index in [4.69, 9.17) is 14.2 Å². The number of hydrogen-bond acceptors (Lipinski definition) is 4. The number of ether oxygens (including phenoxy) is 3. The number of benzene rings is 2. The van der Waals surface area contributed by atoms with Gasteiger partial charge in [-0.1, -0.05) is 30.3 Å². The Morgan fingerprint density at radius 2 is 1.44 bits per heavy atom. The Labute approximate surface area is 149 Å². The van der Waals surface area contributed by atoms with E-state index in [9.17, 15) is 4.79 Å². The van der Waals surface area contributed by atoms with Crippen molar-refractivity contribution in [2.45, 2.75) is 20.8 Å². The van der Waals surface area contributed by atoms with Crippen LogP contribution in [0.5, 0.6) is 17.2 Å². The van der Waals surface area contributed by atoms with Gasteiger partial charge < -0.3 is 14.2 Å². The Morgan fingerprint density at radius 3 is 1.96 bits per heavy atom. The van der Waals surface area contributed by atoms with E-state index in [1.807, 2.05) is 51.1 Å². The molecule has 0 saturated carbocycles. The van der Waals surface area contributed by atoms with E-state index in [2.05, 4.69) is 0 Å². The number of ketones is 1. The molecule has 0 bridgehead atoms. The summed E-state index contributed by atoms with van der Waals surface area (Å²) in [5.74, 6) is 1.88. The standard InChI is InChI=1S/C21H24O4/c1-4-23-17-14-20(24-5-2)18(21(15-17)25-6-3)12-13-19(22)16-10-8-7-9-11-16/h7-15H,4-6H2,1-3H3/b13-12+. The molecule has 0 spiro atoms. The molecule has 0 unspecified atom stereocenters. The van der Waals surface area contributed by atoms with Gasteiger partial charge in [0.15, 0.2) is 5.78 Å². The summed E-state index contributed by atoms with van der Waals surface area (Å²) in [6, 6.07) is 12.8.